The Bertz CT molecular complexity index is 1530. The SMILES string of the molecule is CC1CN(c2ccc(C(=O)Nc3cc(F)c4nn(C)cc4c3)c3nc(OCCC4CCO4)ncc23)C[C@@H](C)N1. The van der Waals surface area contributed by atoms with Crippen LogP contribution >= 0.6 is 0 Å². The van der Waals surface area contributed by atoms with Gasteiger partial charge in [0.05, 0.1) is 23.8 Å². The van der Waals surface area contributed by atoms with Crippen molar-refractivity contribution >= 4 is 39.1 Å². The maximum absolute atomic E-state index is 14.7. The number of hydrogen-bond donors (Lipinski definition) is 2. The van der Waals surface area contributed by atoms with E-state index in [-0.39, 0.29) is 17.6 Å². The third kappa shape index (κ3) is 5.24. The molecular formula is C28H32FN7O3. The summed E-state index contributed by atoms with van der Waals surface area (Å²) < 4.78 is 27.5. The Hall–Kier alpha value is -3.83. The molecule has 2 aromatic carbocycles. The second-order valence-electron chi connectivity index (χ2n) is 10.5. The zero-order valence-electron chi connectivity index (χ0n) is 22.3. The summed E-state index contributed by atoms with van der Waals surface area (Å²) in [6.45, 7) is 7.15. The lowest BCUT2D eigenvalue weighted by molar-refractivity contribution is -0.0600. The minimum absolute atomic E-state index is 0.206. The summed E-state index contributed by atoms with van der Waals surface area (Å²) in [6, 6.07) is 7.50. The number of ether oxygens (including phenoxy) is 2. The van der Waals surface area contributed by atoms with Crippen molar-refractivity contribution < 1.29 is 18.7 Å². The van der Waals surface area contributed by atoms with E-state index in [1.807, 2.05) is 6.07 Å². The summed E-state index contributed by atoms with van der Waals surface area (Å²) in [6.07, 6.45) is 5.44. The number of nitrogens with one attached hydrogen (secondary N) is 2. The van der Waals surface area contributed by atoms with Gasteiger partial charge in [-0.15, -0.1) is 0 Å². The standard InChI is InChI=1S/C28H32FN7O3/c1-16-13-36(14-17(2)31-16)24-5-4-21(26-22(24)12-30-28(33-26)39-9-7-20-6-8-38-20)27(37)32-19-10-18-15-35(3)34-25(18)23(29)11-19/h4-5,10-12,15-17,20,31H,6-9,13-14H2,1-3H3,(H,32,37)/t16-,17?,20?/m1/s1. The maximum atomic E-state index is 14.7. The Morgan fingerprint density at radius 2 is 2.03 bits per heavy atom. The molecule has 2 saturated heterocycles. The van der Waals surface area contributed by atoms with Gasteiger partial charge < -0.3 is 25.0 Å². The number of carbonyl (C=O) groups is 1. The molecule has 2 aliphatic heterocycles. The van der Waals surface area contributed by atoms with Crippen LogP contribution in [0.5, 0.6) is 6.01 Å². The molecule has 0 radical (unpaired) electrons. The third-order valence-electron chi connectivity index (χ3n) is 7.25. The molecule has 1 amide bonds. The van der Waals surface area contributed by atoms with E-state index in [4.69, 9.17) is 9.47 Å². The summed E-state index contributed by atoms with van der Waals surface area (Å²) in [4.78, 5) is 25.0. The van der Waals surface area contributed by atoms with Gasteiger partial charge in [-0.05, 0) is 44.5 Å². The fourth-order valence-electron chi connectivity index (χ4n) is 5.42. The molecule has 2 N–H and O–H groups in total. The van der Waals surface area contributed by atoms with Crippen molar-refractivity contribution in [1.82, 2.24) is 25.1 Å². The molecule has 4 aromatic rings. The monoisotopic (exact) mass is 533 g/mol. The van der Waals surface area contributed by atoms with Crippen molar-refractivity contribution in [1.29, 1.82) is 0 Å². The molecule has 2 aliphatic rings. The number of carbonyl (C=O) groups excluding carboxylic acids is 1. The zero-order chi connectivity index (χ0) is 27.1. The van der Waals surface area contributed by atoms with Gasteiger partial charge in [-0.2, -0.15) is 10.1 Å². The van der Waals surface area contributed by atoms with Crippen LogP contribution in [-0.2, 0) is 11.8 Å². The molecule has 0 aliphatic carbocycles. The summed E-state index contributed by atoms with van der Waals surface area (Å²) in [7, 11) is 1.73. The quantitative estimate of drug-likeness (QED) is 0.371. The van der Waals surface area contributed by atoms with E-state index in [2.05, 4.69) is 44.4 Å². The molecular weight excluding hydrogens is 501 g/mol. The fourth-order valence-corrected chi connectivity index (χ4v) is 5.42. The highest BCUT2D eigenvalue weighted by Gasteiger charge is 2.25. The van der Waals surface area contributed by atoms with Crippen molar-refractivity contribution in [2.75, 3.05) is 36.5 Å². The van der Waals surface area contributed by atoms with E-state index in [9.17, 15) is 9.18 Å². The molecule has 39 heavy (non-hydrogen) atoms. The molecule has 204 valence electrons. The second kappa shape index (κ2) is 10.4. The first kappa shape index (κ1) is 25.4. The maximum Gasteiger partial charge on any atom is 0.316 e. The Morgan fingerprint density at radius 1 is 1.23 bits per heavy atom. The molecule has 2 fully saturated rings. The minimum atomic E-state index is -0.501. The first-order chi connectivity index (χ1) is 18.8. The number of fused-ring (bicyclic) bond motifs is 2. The van der Waals surface area contributed by atoms with Crippen molar-refractivity contribution in [3.05, 3.63) is 48.0 Å². The van der Waals surface area contributed by atoms with Gasteiger partial charge in [0.2, 0.25) is 0 Å². The number of aryl methyl sites for hydroxylation is 1. The normalized spacial score (nSPS) is 21.2. The van der Waals surface area contributed by atoms with Gasteiger partial charge in [0, 0.05) is 79.8 Å². The smallest absolute Gasteiger partial charge is 0.316 e. The number of amides is 1. The van der Waals surface area contributed by atoms with E-state index < -0.39 is 11.7 Å². The topological polar surface area (TPSA) is 106 Å². The fraction of sp³-hybridized carbons (Fsp3) is 0.429. The van der Waals surface area contributed by atoms with Gasteiger partial charge in [0.1, 0.15) is 5.52 Å². The molecule has 3 atom stereocenters. The van der Waals surface area contributed by atoms with Crippen LogP contribution in [0.15, 0.2) is 36.7 Å². The number of piperazine rings is 1. The summed E-state index contributed by atoms with van der Waals surface area (Å²) in [5.41, 5.74) is 2.39. The van der Waals surface area contributed by atoms with Gasteiger partial charge in [-0.3, -0.25) is 9.48 Å². The molecule has 2 aromatic heterocycles. The average Bonchev–Trinajstić information content (AvgIpc) is 3.24. The largest absolute Gasteiger partial charge is 0.463 e. The van der Waals surface area contributed by atoms with Crippen molar-refractivity contribution in [2.24, 2.45) is 7.05 Å². The number of aromatic nitrogens is 4. The molecule has 0 spiro atoms. The van der Waals surface area contributed by atoms with Crippen LogP contribution in [0.1, 0.15) is 37.0 Å². The van der Waals surface area contributed by atoms with Crippen molar-refractivity contribution in [3.8, 4) is 6.01 Å². The van der Waals surface area contributed by atoms with E-state index >= 15 is 0 Å². The predicted molar refractivity (Wildman–Crippen MR) is 147 cm³/mol. The Morgan fingerprint density at radius 3 is 2.77 bits per heavy atom. The number of nitrogens with zero attached hydrogens (tertiary/aromatic N) is 5. The van der Waals surface area contributed by atoms with Gasteiger partial charge >= 0.3 is 6.01 Å². The summed E-state index contributed by atoms with van der Waals surface area (Å²) in [5.74, 6) is -0.900. The lowest BCUT2D eigenvalue weighted by Gasteiger charge is -2.38. The molecule has 10 nitrogen and oxygen atoms in total. The van der Waals surface area contributed by atoms with E-state index in [1.54, 1.807) is 36.3 Å². The minimum Gasteiger partial charge on any atom is -0.463 e. The number of anilines is 2. The lowest BCUT2D eigenvalue weighted by Crippen LogP contribution is -2.54. The second-order valence-corrected chi connectivity index (χ2v) is 10.5. The van der Waals surface area contributed by atoms with E-state index in [0.717, 1.165) is 43.6 Å². The Kier molecular flexibility index (Phi) is 6.78. The van der Waals surface area contributed by atoms with E-state index in [1.165, 1.54) is 6.07 Å². The molecule has 11 heteroatoms. The zero-order valence-corrected chi connectivity index (χ0v) is 22.3. The summed E-state index contributed by atoms with van der Waals surface area (Å²) in [5, 5.41) is 11.9. The van der Waals surface area contributed by atoms with Gasteiger partial charge in [-0.1, -0.05) is 0 Å². The number of benzene rings is 2. The van der Waals surface area contributed by atoms with Crippen LogP contribution in [0.25, 0.3) is 21.8 Å². The highest BCUT2D eigenvalue weighted by atomic mass is 19.1. The van der Waals surface area contributed by atoms with Crippen LogP contribution in [0, 0.1) is 5.82 Å². The Labute approximate surface area is 225 Å². The number of rotatable bonds is 7. The van der Waals surface area contributed by atoms with Gasteiger partial charge in [-0.25, -0.2) is 9.37 Å². The number of hydrogen-bond acceptors (Lipinski definition) is 8. The predicted octanol–water partition coefficient (Wildman–Crippen LogP) is 3.65. The molecule has 4 heterocycles. The molecule has 2 unspecified atom stereocenters. The van der Waals surface area contributed by atoms with Crippen LogP contribution < -0.4 is 20.3 Å². The average molecular weight is 534 g/mol. The Balaban J connectivity index is 1.34. The highest BCUT2D eigenvalue weighted by molar-refractivity contribution is 6.14. The first-order valence-corrected chi connectivity index (χ1v) is 13.3. The molecule has 0 saturated carbocycles. The van der Waals surface area contributed by atoms with Crippen LogP contribution in [0.2, 0.25) is 0 Å². The van der Waals surface area contributed by atoms with Crippen molar-refractivity contribution in [2.45, 2.75) is 44.9 Å². The van der Waals surface area contributed by atoms with Crippen LogP contribution in [0.4, 0.5) is 15.8 Å². The van der Waals surface area contributed by atoms with E-state index in [0.29, 0.717) is 40.8 Å². The van der Waals surface area contributed by atoms with Crippen molar-refractivity contribution in [3.63, 3.8) is 0 Å². The highest BCUT2D eigenvalue weighted by Crippen LogP contribution is 2.31. The third-order valence-corrected chi connectivity index (χ3v) is 7.25. The first-order valence-electron chi connectivity index (χ1n) is 13.3. The van der Waals surface area contributed by atoms with Gasteiger partial charge in [0.15, 0.2) is 5.82 Å². The lowest BCUT2D eigenvalue weighted by atomic mass is 10.0. The van der Waals surface area contributed by atoms with Crippen LogP contribution in [-0.4, -0.2) is 70.1 Å². The summed E-state index contributed by atoms with van der Waals surface area (Å²) >= 11 is 0. The number of halogens is 1. The van der Waals surface area contributed by atoms with Crippen LogP contribution in [0.3, 0.4) is 0 Å². The molecule has 6 rings (SSSR count). The van der Waals surface area contributed by atoms with Gasteiger partial charge in [0.25, 0.3) is 5.91 Å². The molecule has 0 bridgehead atoms.